The van der Waals surface area contributed by atoms with E-state index in [9.17, 15) is 16.8 Å². The quantitative estimate of drug-likeness (QED) is 0.666. The number of sulfonamides is 2. The lowest BCUT2D eigenvalue weighted by Crippen LogP contribution is -2.35. The lowest BCUT2D eigenvalue weighted by Gasteiger charge is -2.26. The molecule has 8 nitrogen and oxygen atoms in total. The van der Waals surface area contributed by atoms with Crippen LogP contribution in [0.2, 0.25) is 0 Å². The van der Waals surface area contributed by atoms with E-state index in [0.29, 0.717) is 11.3 Å². The first-order chi connectivity index (χ1) is 12.7. The second-order valence-corrected chi connectivity index (χ2v) is 11.0. The second-order valence-electron chi connectivity index (χ2n) is 6.15. The van der Waals surface area contributed by atoms with Crippen molar-refractivity contribution >= 4 is 31.4 Å². The van der Waals surface area contributed by atoms with Gasteiger partial charge in [0.05, 0.1) is 13.2 Å². The lowest BCUT2D eigenvalue weighted by atomic mass is 10.1. The first-order valence-corrected chi connectivity index (χ1v) is 12.1. The fraction of sp³-hybridized carbons (Fsp3) is 0.375. The first-order valence-electron chi connectivity index (χ1n) is 8.24. The fourth-order valence-electron chi connectivity index (χ4n) is 2.63. The zero-order chi connectivity index (χ0) is 19.5. The van der Waals surface area contributed by atoms with Gasteiger partial charge in [-0.15, -0.1) is 11.3 Å². The fourth-order valence-corrected chi connectivity index (χ4v) is 5.88. The molecule has 1 aromatic heterocycles. The Morgan fingerprint density at radius 1 is 0.963 bits per heavy atom. The highest BCUT2D eigenvalue weighted by Crippen LogP contribution is 2.24. The third kappa shape index (κ3) is 5.57. The third-order valence-corrected chi connectivity index (χ3v) is 8.52. The van der Waals surface area contributed by atoms with Crippen molar-refractivity contribution in [1.82, 2.24) is 9.62 Å². The van der Waals surface area contributed by atoms with Gasteiger partial charge >= 0.3 is 0 Å². The summed E-state index contributed by atoms with van der Waals surface area (Å²) in [6.45, 7) is 4.25. The monoisotopic (exact) mass is 431 g/mol. The predicted octanol–water partition coefficient (Wildman–Crippen LogP) is 0.706. The lowest BCUT2D eigenvalue weighted by molar-refractivity contribution is 0.0342. The second kappa shape index (κ2) is 8.35. The Labute approximate surface area is 163 Å². The minimum Gasteiger partial charge on any atom is -0.379 e. The first kappa shape index (κ1) is 20.4. The van der Waals surface area contributed by atoms with Crippen LogP contribution in [-0.4, -0.2) is 48.0 Å². The summed E-state index contributed by atoms with van der Waals surface area (Å²) in [5, 5.41) is 5.02. The zero-order valence-corrected chi connectivity index (χ0v) is 16.9. The summed E-state index contributed by atoms with van der Waals surface area (Å²) < 4.78 is 54.8. The molecule has 0 unspecified atom stereocenters. The summed E-state index contributed by atoms with van der Waals surface area (Å²) in [5.41, 5.74) is 1.96. The molecule has 0 atom stereocenters. The van der Waals surface area contributed by atoms with Gasteiger partial charge in [0.25, 0.3) is 0 Å². The standard InChI is InChI=1S/C16H21N3O5S3/c17-26(20,21)15-5-6-16(25-15)27(22,23)18-11-13-1-3-14(4-2-13)12-19-7-9-24-10-8-19/h1-6,18H,7-12H2,(H2,17,20,21). The molecule has 3 N–H and O–H groups in total. The Morgan fingerprint density at radius 3 is 2.15 bits per heavy atom. The highest BCUT2D eigenvalue weighted by atomic mass is 32.3. The molecule has 0 aliphatic carbocycles. The normalized spacial score (nSPS) is 16.5. The molecule has 3 rings (SSSR count). The summed E-state index contributed by atoms with van der Waals surface area (Å²) in [4.78, 5) is 2.31. The van der Waals surface area contributed by atoms with Crippen molar-refractivity contribution in [2.45, 2.75) is 21.5 Å². The molecule has 11 heteroatoms. The van der Waals surface area contributed by atoms with Crippen LogP contribution < -0.4 is 9.86 Å². The van der Waals surface area contributed by atoms with Crippen molar-refractivity contribution < 1.29 is 21.6 Å². The van der Waals surface area contributed by atoms with Crippen LogP contribution in [0.3, 0.4) is 0 Å². The van der Waals surface area contributed by atoms with Crippen LogP contribution in [0.4, 0.5) is 0 Å². The number of thiophene rings is 1. The van der Waals surface area contributed by atoms with E-state index in [0.717, 1.165) is 44.0 Å². The molecular weight excluding hydrogens is 410 g/mol. The van der Waals surface area contributed by atoms with Crippen molar-refractivity contribution in [3.05, 3.63) is 47.5 Å². The van der Waals surface area contributed by atoms with Crippen molar-refractivity contribution in [3.63, 3.8) is 0 Å². The molecule has 0 saturated carbocycles. The predicted molar refractivity (Wildman–Crippen MR) is 102 cm³/mol. The minimum absolute atomic E-state index is 0.0875. The van der Waals surface area contributed by atoms with Crippen LogP contribution in [0.1, 0.15) is 11.1 Å². The molecule has 1 aliphatic heterocycles. The van der Waals surface area contributed by atoms with Gasteiger partial charge in [0.15, 0.2) is 0 Å². The number of ether oxygens (including phenoxy) is 1. The number of nitrogens with two attached hydrogens (primary N) is 1. The van der Waals surface area contributed by atoms with Gasteiger partial charge in [-0.05, 0) is 23.3 Å². The van der Waals surface area contributed by atoms with Crippen LogP contribution in [0.5, 0.6) is 0 Å². The van der Waals surface area contributed by atoms with Crippen molar-refractivity contribution in [3.8, 4) is 0 Å². The van der Waals surface area contributed by atoms with E-state index in [2.05, 4.69) is 9.62 Å². The summed E-state index contributed by atoms with van der Waals surface area (Å²) in [5.74, 6) is 0. The molecule has 1 saturated heterocycles. The number of nitrogens with one attached hydrogen (secondary N) is 1. The summed E-state index contributed by atoms with van der Waals surface area (Å²) in [7, 11) is -7.72. The number of primary sulfonamides is 1. The average Bonchev–Trinajstić information content (AvgIpc) is 3.14. The van der Waals surface area contributed by atoms with E-state index < -0.39 is 20.0 Å². The topological polar surface area (TPSA) is 119 Å². The van der Waals surface area contributed by atoms with Gasteiger partial charge in [-0.1, -0.05) is 24.3 Å². The van der Waals surface area contributed by atoms with Crippen molar-refractivity contribution in [2.75, 3.05) is 26.3 Å². The number of hydrogen-bond donors (Lipinski definition) is 2. The molecule has 0 amide bonds. The molecule has 1 fully saturated rings. The molecule has 0 radical (unpaired) electrons. The molecule has 27 heavy (non-hydrogen) atoms. The van der Waals surface area contributed by atoms with Crippen LogP contribution in [0.15, 0.2) is 44.8 Å². The smallest absolute Gasteiger partial charge is 0.250 e. The molecular formula is C16H21N3O5S3. The van der Waals surface area contributed by atoms with Gasteiger partial charge in [0.1, 0.15) is 8.42 Å². The molecule has 2 heterocycles. The van der Waals surface area contributed by atoms with Gasteiger partial charge in [0.2, 0.25) is 20.0 Å². The van der Waals surface area contributed by atoms with E-state index in [-0.39, 0.29) is 15.0 Å². The molecule has 1 aromatic carbocycles. The van der Waals surface area contributed by atoms with Gasteiger partial charge in [-0.3, -0.25) is 4.90 Å². The summed E-state index contributed by atoms with van der Waals surface area (Å²) >= 11 is 0.625. The number of benzene rings is 1. The van der Waals surface area contributed by atoms with Crippen LogP contribution >= 0.6 is 11.3 Å². The summed E-state index contributed by atoms with van der Waals surface area (Å²) in [6.07, 6.45) is 0. The van der Waals surface area contributed by atoms with Crippen LogP contribution in [0.25, 0.3) is 0 Å². The van der Waals surface area contributed by atoms with E-state index in [4.69, 9.17) is 9.88 Å². The summed E-state index contributed by atoms with van der Waals surface area (Å²) in [6, 6.07) is 10.1. The highest BCUT2D eigenvalue weighted by molar-refractivity contribution is 7.94. The Kier molecular flexibility index (Phi) is 6.31. The van der Waals surface area contributed by atoms with Gasteiger partial charge in [-0.2, -0.15) is 0 Å². The number of nitrogens with zero attached hydrogens (tertiary/aromatic N) is 1. The highest BCUT2D eigenvalue weighted by Gasteiger charge is 2.20. The average molecular weight is 432 g/mol. The van der Waals surface area contributed by atoms with Crippen LogP contribution in [-0.2, 0) is 37.9 Å². The van der Waals surface area contributed by atoms with E-state index >= 15 is 0 Å². The van der Waals surface area contributed by atoms with Gasteiger partial charge < -0.3 is 4.74 Å². The van der Waals surface area contributed by atoms with Gasteiger partial charge in [-0.25, -0.2) is 26.7 Å². The van der Waals surface area contributed by atoms with Gasteiger partial charge in [0, 0.05) is 26.2 Å². The van der Waals surface area contributed by atoms with E-state index in [1.165, 1.54) is 12.1 Å². The molecule has 2 aromatic rings. The Bertz CT molecular complexity index is 979. The number of morpholine rings is 1. The molecule has 148 valence electrons. The minimum atomic E-state index is -3.91. The van der Waals surface area contributed by atoms with E-state index in [1.54, 1.807) is 0 Å². The zero-order valence-electron chi connectivity index (χ0n) is 14.5. The molecule has 1 aliphatic rings. The van der Waals surface area contributed by atoms with Crippen molar-refractivity contribution in [1.29, 1.82) is 0 Å². The van der Waals surface area contributed by atoms with Crippen LogP contribution in [0, 0.1) is 0 Å². The van der Waals surface area contributed by atoms with E-state index in [1.807, 2.05) is 24.3 Å². The molecule has 0 bridgehead atoms. The Balaban J connectivity index is 1.59. The SMILES string of the molecule is NS(=O)(=O)c1ccc(S(=O)(=O)NCc2ccc(CN3CCOCC3)cc2)s1. The maximum absolute atomic E-state index is 12.3. The third-order valence-electron chi connectivity index (χ3n) is 4.10. The Morgan fingerprint density at radius 2 is 1.56 bits per heavy atom. The molecule has 0 spiro atoms. The maximum atomic E-state index is 12.3. The number of rotatable bonds is 7. The Hall–Kier alpha value is -1.34. The largest absolute Gasteiger partial charge is 0.379 e. The van der Waals surface area contributed by atoms with Crippen molar-refractivity contribution in [2.24, 2.45) is 5.14 Å². The maximum Gasteiger partial charge on any atom is 0.250 e. The number of hydrogen-bond acceptors (Lipinski definition) is 7.